The predicted molar refractivity (Wildman–Crippen MR) is 107 cm³/mol. The number of fused-ring (bicyclic) bond motifs is 2. The number of rotatable bonds is 4. The number of Topliss-reactive ketones (excluding diaryl/α,β-unsaturated/α-hetero) is 1. The normalized spacial score (nSPS) is 15.6. The Morgan fingerprint density at radius 2 is 2.07 bits per heavy atom. The largest absolute Gasteiger partial charge is 0.487 e. The summed E-state index contributed by atoms with van der Waals surface area (Å²) in [4.78, 5) is 21.2. The number of nitrogen functional groups attached to an aromatic ring is 1. The number of aliphatic hydroxyl groups excluding tert-OH is 1. The summed E-state index contributed by atoms with van der Waals surface area (Å²) in [5.74, 6) is 1.06. The highest BCUT2D eigenvalue weighted by atomic mass is 16.5. The van der Waals surface area contributed by atoms with Gasteiger partial charge in [0.15, 0.2) is 11.5 Å². The quantitative estimate of drug-likeness (QED) is 0.721. The van der Waals surface area contributed by atoms with Gasteiger partial charge >= 0.3 is 0 Å². The Balaban J connectivity index is 1.98. The molecule has 0 saturated heterocycles. The maximum Gasteiger partial charge on any atom is 0.169 e. The molecule has 7 nitrogen and oxygen atoms in total. The van der Waals surface area contributed by atoms with E-state index in [1.165, 1.54) is 6.33 Å². The van der Waals surface area contributed by atoms with Crippen LogP contribution in [0.4, 0.5) is 5.82 Å². The lowest BCUT2D eigenvalue weighted by molar-refractivity contribution is 0.0910. The Hall–Kier alpha value is -2.93. The van der Waals surface area contributed by atoms with Gasteiger partial charge in [0.05, 0.1) is 12.3 Å². The molecule has 2 heterocycles. The van der Waals surface area contributed by atoms with Crippen LogP contribution >= 0.6 is 0 Å². The molecular formula is C21H24N4O3. The van der Waals surface area contributed by atoms with Gasteiger partial charge in [0.1, 0.15) is 24.3 Å². The van der Waals surface area contributed by atoms with Crippen molar-refractivity contribution in [3.8, 4) is 11.4 Å². The Bertz CT molecular complexity index is 1080. The maximum absolute atomic E-state index is 12.8. The number of hydrogen-bond acceptors (Lipinski definition) is 6. The average Bonchev–Trinajstić information content (AvgIpc) is 2.95. The van der Waals surface area contributed by atoms with Crippen molar-refractivity contribution >= 4 is 22.5 Å². The van der Waals surface area contributed by atoms with Crippen molar-refractivity contribution < 1.29 is 14.6 Å². The summed E-state index contributed by atoms with van der Waals surface area (Å²) in [6.45, 7) is 6.19. The monoisotopic (exact) mass is 380 g/mol. The molecule has 0 saturated carbocycles. The number of ether oxygens (including phenoxy) is 1. The molecule has 0 radical (unpaired) electrons. The summed E-state index contributed by atoms with van der Waals surface area (Å²) in [5.41, 5.74) is 9.98. The molecule has 0 atom stereocenters. The number of aromatic nitrogens is 3. The summed E-state index contributed by atoms with van der Waals surface area (Å²) in [7, 11) is 0. The molecule has 146 valence electrons. The van der Waals surface area contributed by atoms with E-state index < -0.39 is 0 Å². The second-order valence-electron chi connectivity index (χ2n) is 8.09. The molecule has 1 aliphatic carbocycles. The van der Waals surface area contributed by atoms with Crippen LogP contribution in [0.5, 0.6) is 5.75 Å². The number of anilines is 1. The molecule has 0 aliphatic heterocycles. The molecule has 0 spiro atoms. The van der Waals surface area contributed by atoms with Crippen LogP contribution in [0.2, 0.25) is 0 Å². The fourth-order valence-electron chi connectivity index (χ4n) is 4.09. The number of benzene rings is 1. The SMILES string of the molecule is Cc1cn(-c2ccc3c(N)ncnc3c2OCCO)c2c1C(=O)CC(C)(C)C2. The van der Waals surface area contributed by atoms with Crippen LogP contribution in [0.3, 0.4) is 0 Å². The molecular weight excluding hydrogens is 356 g/mol. The number of nitrogens with zero attached hydrogens (tertiary/aromatic N) is 3. The molecule has 4 rings (SSSR count). The zero-order valence-electron chi connectivity index (χ0n) is 16.3. The van der Waals surface area contributed by atoms with Crippen LogP contribution in [-0.2, 0) is 6.42 Å². The van der Waals surface area contributed by atoms with Crippen molar-refractivity contribution in [1.29, 1.82) is 0 Å². The van der Waals surface area contributed by atoms with E-state index in [0.29, 0.717) is 28.9 Å². The molecule has 3 aromatic rings. The molecule has 0 amide bonds. The van der Waals surface area contributed by atoms with E-state index in [-0.39, 0.29) is 24.4 Å². The molecule has 0 fully saturated rings. The molecule has 1 aliphatic rings. The summed E-state index contributed by atoms with van der Waals surface area (Å²) in [5, 5.41) is 9.97. The summed E-state index contributed by atoms with van der Waals surface area (Å²) in [6, 6.07) is 3.77. The minimum atomic E-state index is -0.120. The van der Waals surface area contributed by atoms with Gasteiger partial charge in [-0.25, -0.2) is 9.97 Å². The zero-order valence-corrected chi connectivity index (χ0v) is 16.3. The van der Waals surface area contributed by atoms with Crippen LogP contribution in [0, 0.1) is 12.3 Å². The zero-order chi connectivity index (χ0) is 20.1. The van der Waals surface area contributed by atoms with Gasteiger partial charge in [-0.2, -0.15) is 0 Å². The molecule has 2 aromatic heterocycles. The van der Waals surface area contributed by atoms with Crippen molar-refractivity contribution in [2.75, 3.05) is 18.9 Å². The third-order valence-corrected chi connectivity index (χ3v) is 5.23. The number of nitrogens with two attached hydrogens (primary N) is 1. The summed E-state index contributed by atoms with van der Waals surface area (Å²) < 4.78 is 7.91. The summed E-state index contributed by atoms with van der Waals surface area (Å²) >= 11 is 0. The van der Waals surface area contributed by atoms with Gasteiger partial charge in [-0.1, -0.05) is 13.8 Å². The maximum atomic E-state index is 12.8. The van der Waals surface area contributed by atoms with E-state index >= 15 is 0 Å². The fraction of sp³-hybridized carbons (Fsp3) is 0.381. The second kappa shape index (κ2) is 6.60. The van der Waals surface area contributed by atoms with E-state index in [2.05, 4.69) is 23.8 Å². The molecule has 28 heavy (non-hydrogen) atoms. The first-order valence-corrected chi connectivity index (χ1v) is 9.33. The number of ketones is 1. The van der Waals surface area contributed by atoms with Gasteiger partial charge < -0.3 is 20.1 Å². The molecule has 3 N–H and O–H groups in total. The third kappa shape index (κ3) is 2.92. The van der Waals surface area contributed by atoms with Gasteiger partial charge in [0.25, 0.3) is 0 Å². The van der Waals surface area contributed by atoms with Crippen LogP contribution in [0.15, 0.2) is 24.7 Å². The highest BCUT2D eigenvalue weighted by Gasteiger charge is 2.35. The van der Waals surface area contributed by atoms with Crippen molar-refractivity contribution in [3.63, 3.8) is 0 Å². The number of carbonyl (C=O) groups excluding carboxylic acids is 1. The second-order valence-corrected chi connectivity index (χ2v) is 8.09. The topological polar surface area (TPSA) is 103 Å². The van der Waals surface area contributed by atoms with Crippen molar-refractivity contribution in [1.82, 2.24) is 14.5 Å². The first kappa shape index (κ1) is 18.4. The van der Waals surface area contributed by atoms with Gasteiger partial charge in [-0.05, 0) is 36.5 Å². The molecule has 1 aromatic carbocycles. The lowest BCUT2D eigenvalue weighted by Gasteiger charge is -2.30. The van der Waals surface area contributed by atoms with Gasteiger partial charge in [-0.3, -0.25) is 4.79 Å². The minimum Gasteiger partial charge on any atom is -0.487 e. The van der Waals surface area contributed by atoms with Crippen LogP contribution in [0.25, 0.3) is 16.6 Å². The van der Waals surface area contributed by atoms with Gasteiger partial charge in [-0.15, -0.1) is 0 Å². The minimum absolute atomic E-state index is 0.109. The van der Waals surface area contributed by atoms with E-state index in [4.69, 9.17) is 10.5 Å². The summed E-state index contributed by atoms with van der Waals surface area (Å²) in [6.07, 6.45) is 4.70. The first-order chi connectivity index (χ1) is 13.3. The van der Waals surface area contributed by atoms with Crippen molar-refractivity contribution in [3.05, 3.63) is 41.5 Å². The number of aryl methyl sites for hydroxylation is 1. The Labute approximate surface area is 163 Å². The molecule has 0 unspecified atom stereocenters. The number of aliphatic hydroxyl groups is 1. The van der Waals surface area contributed by atoms with E-state index in [0.717, 1.165) is 28.9 Å². The first-order valence-electron chi connectivity index (χ1n) is 9.33. The van der Waals surface area contributed by atoms with E-state index in [1.54, 1.807) is 0 Å². The molecule has 0 bridgehead atoms. The molecule has 7 heteroatoms. The van der Waals surface area contributed by atoms with Gasteiger partial charge in [0, 0.05) is 29.3 Å². The predicted octanol–water partition coefficient (Wildman–Crippen LogP) is 2.84. The van der Waals surface area contributed by atoms with Crippen LogP contribution in [-0.4, -0.2) is 38.6 Å². The van der Waals surface area contributed by atoms with Gasteiger partial charge in [0.2, 0.25) is 0 Å². The van der Waals surface area contributed by atoms with Crippen LogP contribution < -0.4 is 10.5 Å². The smallest absolute Gasteiger partial charge is 0.169 e. The van der Waals surface area contributed by atoms with E-state index in [1.807, 2.05) is 29.8 Å². The highest BCUT2D eigenvalue weighted by molar-refractivity contribution is 6.01. The van der Waals surface area contributed by atoms with Crippen LogP contribution in [0.1, 0.15) is 41.9 Å². The van der Waals surface area contributed by atoms with Crippen molar-refractivity contribution in [2.45, 2.75) is 33.6 Å². The fourth-order valence-corrected chi connectivity index (χ4v) is 4.09. The Kier molecular flexibility index (Phi) is 4.34. The van der Waals surface area contributed by atoms with Crippen molar-refractivity contribution in [2.24, 2.45) is 5.41 Å². The third-order valence-electron chi connectivity index (χ3n) is 5.23. The number of carbonyl (C=O) groups is 1. The Morgan fingerprint density at radius 3 is 2.82 bits per heavy atom. The lowest BCUT2D eigenvalue weighted by atomic mass is 9.75. The average molecular weight is 380 g/mol. The number of hydrogen-bond donors (Lipinski definition) is 2. The highest BCUT2D eigenvalue weighted by Crippen LogP contribution is 2.40. The van der Waals surface area contributed by atoms with E-state index in [9.17, 15) is 9.90 Å². The standard InChI is InChI=1S/C21H24N4O3/c1-12-10-25(15-8-21(2,3)9-16(27)17(12)15)14-5-4-13-18(19(14)28-7-6-26)23-11-24-20(13)22/h4-5,10-11,26H,6-9H2,1-3H3,(H2,22,23,24). The lowest BCUT2D eigenvalue weighted by Crippen LogP contribution is -2.28. The Morgan fingerprint density at radius 1 is 1.29 bits per heavy atom.